The van der Waals surface area contributed by atoms with E-state index < -0.39 is 36.1 Å². The summed E-state index contributed by atoms with van der Waals surface area (Å²) >= 11 is 0. The van der Waals surface area contributed by atoms with Gasteiger partial charge in [-0.25, -0.2) is 0 Å². The van der Waals surface area contributed by atoms with E-state index in [4.69, 9.17) is 9.84 Å². The van der Waals surface area contributed by atoms with Crippen molar-refractivity contribution >= 4 is 11.9 Å². The maximum atomic E-state index is 12.6. The highest BCUT2D eigenvalue weighted by Crippen LogP contribution is 2.31. The van der Waals surface area contributed by atoms with Crippen molar-refractivity contribution < 1.29 is 32.6 Å². The van der Waals surface area contributed by atoms with Gasteiger partial charge in [0.15, 0.2) is 6.61 Å². The highest BCUT2D eigenvalue weighted by molar-refractivity contribution is 5.79. The average molecular weight is 331 g/mol. The van der Waals surface area contributed by atoms with Gasteiger partial charge in [0, 0.05) is 13.1 Å². The van der Waals surface area contributed by atoms with Crippen LogP contribution in [0.3, 0.4) is 0 Å². The highest BCUT2D eigenvalue weighted by atomic mass is 19.4. The van der Waals surface area contributed by atoms with Crippen LogP contribution < -0.4 is 4.74 Å². The van der Waals surface area contributed by atoms with Crippen molar-refractivity contribution in [2.24, 2.45) is 5.92 Å². The molecule has 1 heterocycles. The molecule has 1 aromatic rings. The molecule has 1 amide bonds. The summed E-state index contributed by atoms with van der Waals surface area (Å²) in [6.45, 7) is 0.0995. The molecule has 0 aliphatic carbocycles. The van der Waals surface area contributed by atoms with Crippen molar-refractivity contribution in [2.45, 2.75) is 19.0 Å². The summed E-state index contributed by atoms with van der Waals surface area (Å²) in [4.78, 5) is 24.3. The number of benzene rings is 1. The zero-order chi connectivity index (χ0) is 17.0. The maximum Gasteiger partial charge on any atom is 0.416 e. The van der Waals surface area contributed by atoms with Crippen LogP contribution in [0.1, 0.15) is 18.4 Å². The van der Waals surface area contributed by atoms with Gasteiger partial charge in [0.25, 0.3) is 5.91 Å². The number of alkyl halides is 3. The van der Waals surface area contributed by atoms with Gasteiger partial charge in [-0.1, -0.05) is 6.07 Å². The molecule has 126 valence electrons. The molecule has 8 heteroatoms. The minimum Gasteiger partial charge on any atom is -0.484 e. The molecular formula is C15H16F3NO4. The number of piperidine rings is 1. The van der Waals surface area contributed by atoms with Crippen molar-refractivity contribution in [2.75, 3.05) is 19.7 Å². The van der Waals surface area contributed by atoms with Gasteiger partial charge in [0.1, 0.15) is 5.75 Å². The van der Waals surface area contributed by atoms with Crippen molar-refractivity contribution in [3.05, 3.63) is 29.8 Å². The number of carbonyl (C=O) groups excluding carboxylic acids is 1. The van der Waals surface area contributed by atoms with Crippen molar-refractivity contribution in [3.8, 4) is 5.75 Å². The largest absolute Gasteiger partial charge is 0.484 e. The first-order valence-corrected chi connectivity index (χ1v) is 7.08. The summed E-state index contributed by atoms with van der Waals surface area (Å²) < 4.78 is 42.9. The molecule has 1 fully saturated rings. The van der Waals surface area contributed by atoms with Crippen LogP contribution in [-0.2, 0) is 15.8 Å². The second-order valence-corrected chi connectivity index (χ2v) is 5.33. The van der Waals surface area contributed by atoms with Crippen LogP contribution in [0.4, 0.5) is 13.2 Å². The number of halogens is 3. The normalized spacial score (nSPS) is 18.6. The summed E-state index contributed by atoms with van der Waals surface area (Å²) in [6.07, 6.45) is -3.40. The first-order chi connectivity index (χ1) is 10.8. The van der Waals surface area contributed by atoms with Gasteiger partial charge in [-0.2, -0.15) is 13.2 Å². The van der Waals surface area contributed by atoms with Crippen molar-refractivity contribution in [1.82, 2.24) is 4.90 Å². The van der Waals surface area contributed by atoms with Gasteiger partial charge in [0.2, 0.25) is 0 Å². The molecule has 0 aromatic heterocycles. The van der Waals surface area contributed by atoms with E-state index in [0.717, 1.165) is 12.1 Å². The molecule has 5 nitrogen and oxygen atoms in total. The minimum absolute atomic E-state index is 0.0556. The maximum absolute atomic E-state index is 12.6. The number of hydrogen-bond acceptors (Lipinski definition) is 3. The van der Waals surface area contributed by atoms with Gasteiger partial charge in [-0.05, 0) is 31.0 Å². The fourth-order valence-corrected chi connectivity index (χ4v) is 2.40. The molecule has 0 bridgehead atoms. The lowest BCUT2D eigenvalue weighted by molar-refractivity contribution is -0.146. The van der Waals surface area contributed by atoms with Crippen LogP contribution in [0.5, 0.6) is 5.75 Å². The van der Waals surface area contributed by atoms with Crippen molar-refractivity contribution in [1.29, 1.82) is 0 Å². The molecular weight excluding hydrogens is 315 g/mol. The number of hydrogen-bond donors (Lipinski definition) is 1. The Bertz CT molecular complexity index is 588. The molecule has 1 aliphatic heterocycles. The monoisotopic (exact) mass is 331 g/mol. The number of amides is 1. The lowest BCUT2D eigenvalue weighted by Gasteiger charge is -2.30. The number of likely N-dealkylation sites (tertiary alicyclic amines) is 1. The summed E-state index contributed by atoms with van der Waals surface area (Å²) in [5.41, 5.74) is -0.855. The molecule has 1 atom stereocenters. The molecule has 23 heavy (non-hydrogen) atoms. The van der Waals surface area contributed by atoms with E-state index in [9.17, 15) is 22.8 Å². The fourth-order valence-electron chi connectivity index (χ4n) is 2.40. The van der Waals surface area contributed by atoms with E-state index in [-0.39, 0.29) is 12.3 Å². The van der Waals surface area contributed by atoms with E-state index in [1.54, 1.807) is 0 Å². The van der Waals surface area contributed by atoms with E-state index in [0.29, 0.717) is 19.4 Å². The average Bonchev–Trinajstić information content (AvgIpc) is 2.52. The number of carbonyl (C=O) groups is 2. The Morgan fingerprint density at radius 3 is 2.74 bits per heavy atom. The summed E-state index contributed by atoms with van der Waals surface area (Å²) in [5, 5.41) is 8.98. The SMILES string of the molecule is O=C(O)C1CCCN(C(=O)COc2cccc(C(F)(F)F)c2)C1. The second-order valence-electron chi connectivity index (χ2n) is 5.33. The van der Waals surface area contributed by atoms with Gasteiger partial charge in [-0.3, -0.25) is 9.59 Å². The van der Waals surface area contributed by atoms with Gasteiger partial charge < -0.3 is 14.7 Å². The first-order valence-electron chi connectivity index (χ1n) is 7.08. The molecule has 0 saturated carbocycles. The lowest BCUT2D eigenvalue weighted by atomic mass is 9.98. The topological polar surface area (TPSA) is 66.8 Å². The third-order valence-corrected chi connectivity index (χ3v) is 3.65. The number of aliphatic carboxylic acids is 1. The van der Waals surface area contributed by atoms with Crippen LogP contribution in [0.2, 0.25) is 0 Å². The Morgan fingerprint density at radius 2 is 2.09 bits per heavy atom. The number of nitrogens with zero attached hydrogens (tertiary/aromatic N) is 1. The van der Waals surface area contributed by atoms with Crippen LogP contribution in [0.15, 0.2) is 24.3 Å². The molecule has 2 rings (SSSR count). The van der Waals surface area contributed by atoms with Gasteiger partial charge in [0.05, 0.1) is 11.5 Å². The van der Waals surface area contributed by atoms with Gasteiger partial charge in [-0.15, -0.1) is 0 Å². The zero-order valence-corrected chi connectivity index (χ0v) is 12.2. The van der Waals surface area contributed by atoms with Crippen molar-refractivity contribution in [3.63, 3.8) is 0 Å². The van der Waals surface area contributed by atoms with Crippen LogP contribution in [0.25, 0.3) is 0 Å². The van der Waals surface area contributed by atoms with E-state index >= 15 is 0 Å². The summed E-state index contributed by atoms with van der Waals surface area (Å²) in [7, 11) is 0. The zero-order valence-electron chi connectivity index (χ0n) is 12.2. The van der Waals surface area contributed by atoms with Crippen LogP contribution in [-0.4, -0.2) is 41.6 Å². The molecule has 0 spiro atoms. The van der Waals surface area contributed by atoms with E-state index in [1.807, 2.05) is 0 Å². The smallest absolute Gasteiger partial charge is 0.416 e. The molecule has 1 aliphatic rings. The van der Waals surface area contributed by atoms with Gasteiger partial charge >= 0.3 is 12.1 Å². The van der Waals surface area contributed by atoms with Crippen LogP contribution in [0, 0.1) is 5.92 Å². The Balaban J connectivity index is 1.93. The second kappa shape index (κ2) is 6.89. The molecule has 0 radical (unpaired) electrons. The number of carboxylic acid groups (broad SMARTS) is 1. The minimum atomic E-state index is -4.48. The lowest BCUT2D eigenvalue weighted by Crippen LogP contribution is -2.44. The number of ether oxygens (including phenoxy) is 1. The number of rotatable bonds is 4. The molecule has 1 N–H and O–H groups in total. The first kappa shape index (κ1) is 17.1. The predicted octanol–water partition coefficient (Wildman–Crippen LogP) is 2.41. The quantitative estimate of drug-likeness (QED) is 0.920. The summed E-state index contributed by atoms with van der Waals surface area (Å²) in [6, 6.07) is 4.27. The van der Waals surface area contributed by atoms with E-state index in [2.05, 4.69) is 0 Å². The third kappa shape index (κ3) is 4.61. The Kier molecular flexibility index (Phi) is 5.12. The highest BCUT2D eigenvalue weighted by Gasteiger charge is 2.31. The third-order valence-electron chi connectivity index (χ3n) is 3.65. The molecule has 1 saturated heterocycles. The Hall–Kier alpha value is -2.25. The Morgan fingerprint density at radius 1 is 1.35 bits per heavy atom. The number of carboxylic acids is 1. The molecule has 1 unspecified atom stereocenters. The molecule has 1 aromatic carbocycles. The standard InChI is InChI=1S/C15H16F3NO4/c16-15(17,18)11-4-1-5-12(7-11)23-9-13(20)19-6-2-3-10(8-19)14(21)22/h1,4-5,7,10H,2-3,6,8-9H2,(H,21,22). The fraction of sp³-hybridized carbons (Fsp3) is 0.467. The summed E-state index contributed by atoms with van der Waals surface area (Å²) in [5.74, 6) is -2.06. The predicted molar refractivity (Wildman–Crippen MR) is 73.9 cm³/mol. The Labute approximate surface area is 130 Å². The van der Waals surface area contributed by atoms with E-state index in [1.165, 1.54) is 17.0 Å². The van der Waals surface area contributed by atoms with Crippen LogP contribution >= 0.6 is 0 Å².